The topological polar surface area (TPSA) is 96.4 Å². The molecule has 1 unspecified atom stereocenters. The number of nitrogens with one attached hydrogen (secondary N) is 2. The molecule has 8 heteroatoms. The Morgan fingerprint density at radius 1 is 1.20 bits per heavy atom. The number of aromatic nitrogens is 2. The van der Waals surface area contributed by atoms with Gasteiger partial charge in [-0.05, 0) is 51.7 Å². The lowest BCUT2D eigenvalue weighted by atomic mass is 9.90. The Bertz CT molecular complexity index is 1310. The molecule has 2 amide bonds. The number of piperidine rings is 1. The first-order valence-electron chi connectivity index (χ1n) is 12.1. The molecule has 3 heterocycles. The zero-order valence-electron chi connectivity index (χ0n) is 21.1. The van der Waals surface area contributed by atoms with Crippen molar-refractivity contribution in [1.29, 1.82) is 0 Å². The molecule has 186 valence electrons. The third-order valence-electron chi connectivity index (χ3n) is 7.33. The van der Waals surface area contributed by atoms with E-state index in [0.717, 1.165) is 42.5 Å². The molecule has 0 saturated carbocycles. The number of carbonyl (C=O) groups is 2. The van der Waals surface area contributed by atoms with Crippen LogP contribution in [0.2, 0.25) is 0 Å². The molecule has 1 fully saturated rings. The molecule has 2 N–H and O–H groups in total. The number of hydrogen-bond donors (Lipinski definition) is 2. The van der Waals surface area contributed by atoms with Gasteiger partial charge in [0.1, 0.15) is 5.75 Å². The van der Waals surface area contributed by atoms with E-state index >= 15 is 0 Å². The number of fused-ring (bicyclic) bond motifs is 1. The Morgan fingerprint density at radius 2 is 1.89 bits per heavy atom. The Morgan fingerprint density at radius 3 is 2.54 bits per heavy atom. The van der Waals surface area contributed by atoms with E-state index in [2.05, 4.69) is 21.8 Å². The first-order valence-corrected chi connectivity index (χ1v) is 12.1. The first kappa shape index (κ1) is 24.6. The predicted octanol–water partition coefficient (Wildman–Crippen LogP) is 3.70. The highest BCUT2D eigenvalue weighted by Crippen LogP contribution is 2.35. The molecular formula is C27H34N4O4. The van der Waals surface area contributed by atoms with Gasteiger partial charge in [0.25, 0.3) is 11.5 Å². The quantitative estimate of drug-likeness (QED) is 0.565. The van der Waals surface area contributed by atoms with Crippen LogP contribution in [0.3, 0.4) is 0 Å². The second-order valence-corrected chi connectivity index (χ2v) is 9.44. The SMILES string of the molecule is COc1cc(C)[nH]c(=O)c1CNC(=O)c1c(C)n(C(C)C2CCN(C(C)=O)CC2)c2ccccc12. The van der Waals surface area contributed by atoms with Crippen LogP contribution in [-0.2, 0) is 11.3 Å². The van der Waals surface area contributed by atoms with E-state index in [1.54, 1.807) is 19.9 Å². The Hall–Kier alpha value is -3.55. The van der Waals surface area contributed by atoms with Crippen LogP contribution in [0.25, 0.3) is 10.9 Å². The highest BCUT2D eigenvalue weighted by Gasteiger charge is 2.29. The Labute approximate surface area is 205 Å². The van der Waals surface area contributed by atoms with Crippen molar-refractivity contribution >= 4 is 22.7 Å². The van der Waals surface area contributed by atoms with Crippen LogP contribution in [0.4, 0.5) is 0 Å². The Balaban J connectivity index is 1.62. The molecule has 4 rings (SSSR count). The minimum absolute atomic E-state index is 0.0651. The van der Waals surface area contributed by atoms with Crippen molar-refractivity contribution in [2.75, 3.05) is 20.2 Å². The van der Waals surface area contributed by atoms with Gasteiger partial charge in [0.15, 0.2) is 0 Å². The summed E-state index contributed by atoms with van der Waals surface area (Å²) in [6, 6.07) is 9.87. The summed E-state index contributed by atoms with van der Waals surface area (Å²) in [6.07, 6.45) is 1.87. The minimum Gasteiger partial charge on any atom is -0.496 e. The van der Waals surface area contributed by atoms with Crippen molar-refractivity contribution in [3.05, 3.63) is 63.2 Å². The summed E-state index contributed by atoms with van der Waals surface area (Å²) in [5.41, 5.74) is 3.35. The molecule has 0 radical (unpaired) electrons. The number of benzene rings is 1. The standard InChI is InChI=1S/C27H34N4O4/c1-16-14-24(35-5)22(26(33)29-16)15-28-27(34)25-18(3)31(23-9-7-6-8-21(23)25)17(2)20-10-12-30(13-11-20)19(4)32/h6-9,14,17,20H,10-13,15H2,1-5H3,(H,28,34)(H,29,33). The summed E-state index contributed by atoms with van der Waals surface area (Å²) in [4.78, 5) is 42.3. The minimum atomic E-state index is -0.271. The second-order valence-electron chi connectivity index (χ2n) is 9.44. The van der Waals surface area contributed by atoms with Crippen LogP contribution >= 0.6 is 0 Å². The fourth-order valence-corrected chi connectivity index (χ4v) is 5.40. The van der Waals surface area contributed by atoms with E-state index < -0.39 is 0 Å². The lowest BCUT2D eigenvalue weighted by Gasteiger charge is -2.35. The van der Waals surface area contributed by atoms with Crippen molar-refractivity contribution in [1.82, 2.24) is 19.8 Å². The number of nitrogens with zero attached hydrogens (tertiary/aromatic N) is 2. The molecule has 1 aliphatic heterocycles. The van der Waals surface area contributed by atoms with Crippen LogP contribution in [0.5, 0.6) is 5.75 Å². The summed E-state index contributed by atoms with van der Waals surface area (Å²) in [6.45, 7) is 9.19. The lowest BCUT2D eigenvalue weighted by Crippen LogP contribution is -2.39. The Kier molecular flexibility index (Phi) is 7.00. The number of methoxy groups -OCH3 is 1. The highest BCUT2D eigenvalue weighted by atomic mass is 16.5. The zero-order chi connectivity index (χ0) is 25.3. The van der Waals surface area contributed by atoms with E-state index in [-0.39, 0.29) is 30.0 Å². The number of aromatic amines is 1. The van der Waals surface area contributed by atoms with E-state index in [1.807, 2.05) is 36.1 Å². The molecule has 1 aromatic carbocycles. The average Bonchev–Trinajstić information content (AvgIpc) is 3.14. The highest BCUT2D eigenvalue weighted by molar-refractivity contribution is 6.08. The van der Waals surface area contributed by atoms with Crippen LogP contribution in [0.15, 0.2) is 35.1 Å². The number of likely N-dealkylation sites (tertiary alicyclic amines) is 1. The molecular weight excluding hydrogens is 444 g/mol. The maximum Gasteiger partial charge on any atom is 0.256 e. The maximum atomic E-state index is 13.4. The van der Waals surface area contributed by atoms with Crippen LogP contribution in [-0.4, -0.2) is 46.5 Å². The molecule has 8 nitrogen and oxygen atoms in total. The van der Waals surface area contributed by atoms with Gasteiger partial charge in [-0.3, -0.25) is 14.4 Å². The molecule has 35 heavy (non-hydrogen) atoms. The van der Waals surface area contributed by atoms with Crippen molar-refractivity contribution in [2.45, 2.75) is 53.1 Å². The van der Waals surface area contributed by atoms with Gasteiger partial charge in [0, 0.05) is 48.3 Å². The van der Waals surface area contributed by atoms with Crippen LogP contribution in [0.1, 0.15) is 60.0 Å². The number of pyridine rings is 1. The maximum absolute atomic E-state index is 13.4. The average molecular weight is 479 g/mol. The van der Waals surface area contributed by atoms with E-state index in [0.29, 0.717) is 28.5 Å². The summed E-state index contributed by atoms with van der Waals surface area (Å²) < 4.78 is 7.63. The van der Waals surface area contributed by atoms with Gasteiger partial charge in [-0.15, -0.1) is 0 Å². The molecule has 0 aliphatic carbocycles. The smallest absolute Gasteiger partial charge is 0.256 e. The number of carbonyl (C=O) groups excluding carboxylic acids is 2. The summed E-state index contributed by atoms with van der Waals surface area (Å²) in [5.74, 6) is 0.766. The largest absolute Gasteiger partial charge is 0.496 e. The monoisotopic (exact) mass is 478 g/mol. The van der Waals surface area contributed by atoms with Gasteiger partial charge in [0.2, 0.25) is 5.91 Å². The second kappa shape index (κ2) is 9.98. The number of rotatable bonds is 6. The summed E-state index contributed by atoms with van der Waals surface area (Å²) >= 11 is 0. The molecule has 2 aromatic heterocycles. The van der Waals surface area contributed by atoms with Crippen molar-refractivity contribution in [2.24, 2.45) is 5.92 Å². The van der Waals surface area contributed by atoms with Gasteiger partial charge < -0.3 is 24.5 Å². The number of para-hydroxylation sites is 1. The number of aryl methyl sites for hydroxylation is 1. The molecule has 1 atom stereocenters. The summed E-state index contributed by atoms with van der Waals surface area (Å²) in [5, 5.41) is 3.83. The predicted molar refractivity (Wildman–Crippen MR) is 136 cm³/mol. The third-order valence-corrected chi connectivity index (χ3v) is 7.33. The van der Waals surface area contributed by atoms with Crippen molar-refractivity contribution in [3.63, 3.8) is 0 Å². The van der Waals surface area contributed by atoms with Gasteiger partial charge in [-0.2, -0.15) is 0 Å². The van der Waals surface area contributed by atoms with Gasteiger partial charge in [0.05, 0.1) is 24.8 Å². The molecule has 1 aliphatic rings. The number of amides is 2. The normalized spacial score (nSPS) is 15.3. The number of ether oxygens (including phenoxy) is 1. The third kappa shape index (κ3) is 4.70. The molecule has 0 spiro atoms. The van der Waals surface area contributed by atoms with Gasteiger partial charge >= 0.3 is 0 Å². The van der Waals surface area contributed by atoms with Crippen LogP contribution < -0.4 is 15.6 Å². The molecule has 1 saturated heterocycles. The van der Waals surface area contributed by atoms with E-state index in [9.17, 15) is 14.4 Å². The first-order chi connectivity index (χ1) is 16.7. The van der Waals surface area contributed by atoms with Crippen LogP contribution in [0, 0.1) is 19.8 Å². The molecule has 0 bridgehead atoms. The molecule has 3 aromatic rings. The van der Waals surface area contributed by atoms with Gasteiger partial charge in [-0.1, -0.05) is 18.2 Å². The van der Waals surface area contributed by atoms with Crippen molar-refractivity contribution < 1.29 is 14.3 Å². The summed E-state index contributed by atoms with van der Waals surface area (Å²) in [7, 11) is 1.51. The van der Waals surface area contributed by atoms with E-state index in [1.165, 1.54) is 7.11 Å². The number of H-pyrrole nitrogens is 1. The number of hydrogen-bond acceptors (Lipinski definition) is 4. The lowest BCUT2D eigenvalue weighted by molar-refractivity contribution is -0.130. The fraction of sp³-hybridized carbons (Fsp3) is 0.444. The van der Waals surface area contributed by atoms with Crippen molar-refractivity contribution in [3.8, 4) is 5.75 Å². The van der Waals surface area contributed by atoms with Gasteiger partial charge in [-0.25, -0.2) is 0 Å². The van der Waals surface area contributed by atoms with E-state index in [4.69, 9.17) is 4.74 Å². The fourth-order valence-electron chi connectivity index (χ4n) is 5.40. The zero-order valence-corrected chi connectivity index (χ0v) is 21.1.